The number of halogens is 3. The Bertz CT molecular complexity index is 612. The van der Waals surface area contributed by atoms with Crippen molar-refractivity contribution in [3.8, 4) is 0 Å². The molecule has 18 heavy (non-hydrogen) atoms. The Morgan fingerprint density at radius 3 is 2.78 bits per heavy atom. The van der Waals surface area contributed by atoms with Crippen molar-refractivity contribution in [2.24, 2.45) is 0 Å². The average molecular weight is 333 g/mol. The molecule has 0 atom stereocenters. The molecule has 0 amide bonds. The number of carboxylic acids is 1. The van der Waals surface area contributed by atoms with Gasteiger partial charge in [-0.1, -0.05) is 17.7 Å². The first-order valence-electron chi connectivity index (χ1n) is 5.00. The van der Waals surface area contributed by atoms with Gasteiger partial charge in [-0.25, -0.2) is 9.18 Å². The smallest absolute Gasteiger partial charge is 0.352 e. The first kappa shape index (κ1) is 13.1. The summed E-state index contributed by atoms with van der Waals surface area (Å²) in [6.07, 6.45) is 1.65. The van der Waals surface area contributed by atoms with Crippen molar-refractivity contribution in [1.29, 1.82) is 0 Å². The van der Waals surface area contributed by atoms with Crippen molar-refractivity contribution in [2.45, 2.75) is 6.54 Å². The van der Waals surface area contributed by atoms with Crippen molar-refractivity contribution < 1.29 is 14.3 Å². The molecule has 1 aromatic heterocycles. The summed E-state index contributed by atoms with van der Waals surface area (Å²) in [5, 5.41) is 9.05. The number of carbonyl (C=O) groups is 1. The minimum Gasteiger partial charge on any atom is -0.477 e. The second-order valence-corrected chi connectivity index (χ2v) is 5.05. The molecule has 0 aliphatic rings. The molecule has 2 rings (SSSR count). The van der Waals surface area contributed by atoms with Crippen LogP contribution in [0.15, 0.2) is 34.9 Å². The van der Waals surface area contributed by atoms with Gasteiger partial charge in [0.05, 0.1) is 5.02 Å². The van der Waals surface area contributed by atoms with Crippen molar-refractivity contribution in [3.63, 3.8) is 0 Å². The van der Waals surface area contributed by atoms with Crippen LogP contribution < -0.4 is 0 Å². The zero-order chi connectivity index (χ0) is 13.3. The maximum Gasteiger partial charge on any atom is 0.352 e. The predicted molar refractivity (Wildman–Crippen MR) is 69.6 cm³/mol. The fourth-order valence-corrected chi connectivity index (χ4v) is 2.29. The van der Waals surface area contributed by atoms with E-state index in [0.717, 1.165) is 5.56 Å². The summed E-state index contributed by atoms with van der Waals surface area (Å²) in [5.41, 5.74) is 0.884. The number of rotatable bonds is 3. The average Bonchev–Trinajstić information content (AvgIpc) is 2.65. The van der Waals surface area contributed by atoms with Gasteiger partial charge in [0.15, 0.2) is 0 Å². The van der Waals surface area contributed by atoms with E-state index in [-0.39, 0.29) is 10.7 Å². The largest absolute Gasteiger partial charge is 0.477 e. The van der Waals surface area contributed by atoms with E-state index in [4.69, 9.17) is 16.7 Å². The zero-order valence-electron chi connectivity index (χ0n) is 9.03. The van der Waals surface area contributed by atoms with Crippen LogP contribution in [0.2, 0.25) is 5.02 Å². The van der Waals surface area contributed by atoms with Gasteiger partial charge in [0.1, 0.15) is 11.5 Å². The van der Waals surface area contributed by atoms with Crippen molar-refractivity contribution in [2.75, 3.05) is 0 Å². The lowest BCUT2D eigenvalue weighted by atomic mass is 10.2. The minimum absolute atomic E-state index is 0.0237. The standard InChI is InChI=1S/C12H8BrClFNO2/c13-8-4-11(12(17)18)16(6-8)5-7-1-2-10(15)9(14)3-7/h1-4,6H,5H2,(H,17,18). The number of aromatic nitrogens is 1. The number of aromatic carboxylic acids is 1. The predicted octanol–water partition coefficient (Wildman–Crippen LogP) is 3.79. The molecule has 0 saturated carbocycles. The van der Waals surface area contributed by atoms with Gasteiger partial charge < -0.3 is 9.67 Å². The molecule has 0 radical (unpaired) electrons. The van der Waals surface area contributed by atoms with Crippen LogP contribution in [0.5, 0.6) is 0 Å². The molecule has 6 heteroatoms. The third-order valence-electron chi connectivity index (χ3n) is 2.42. The van der Waals surface area contributed by atoms with Crippen LogP contribution in [0.1, 0.15) is 16.1 Å². The number of benzene rings is 1. The van der Waals surface area contributed by atoms with Gasteiger partial charge in [-0.15, -0.1) is 0 Å². The number of nitrogens with zero attached hydrogens (tertiary/aromatic N) is 1. The Morgan fingerprint density at radius 1 is 1.44 bits per heavy atom. The summed E-state index contributed by atoms with van der Waals surface area (Å²) in [4.78, 5) is 11.0. The van der Waals surface area contributed by atoms with Crippen LogP contribution in [0.25, 0.3) is 0 Å². The van der Waals surface area contributed by atoms with Crippen molar-refractivity contribution >= 4 is 33.5 Å². The molecule has 0 aliphatic carbocycles. The molecule has 0 saturated heterocycles. The van der Waals surface area contributed by atoms with Crippen LogP contribution >= 0.6 is 27.5 Å². The topological polar surface area (TPSA) is 42.2 Å². The second-order valence-electron chi connectivity index (χ2n) is 3.73. The first-order valence-corrected chi connectivity index (χ1v) is 6.17. The molecule has 1 aromatic carbocycles. The molecule has 0 aliphatic heterocycles. The lowest BCUT2D eigenvalue weighted by Gasteiger charge is -2.07. The number of hydrogen-bond acceptors (Lipinski definition) is 1. The summed E-state index contributed by atoms with van der Waals surface area (Å²) in [7, 11) is 0. The van der Waals surface area contributed by atoms with Crippen LogP contribution in [0.4, 0.5) is 4.39 Å². The molecular formula is C12H8BrClFNO2. The van der Waals surface area contributed by atoms with Crippen LogP contribution in [0.3, 0.4) is 0 Å². The quantitative estimate of drug-likeness (QED) is 0.929. The molecular weight excluding hydrogens is 324 g/mol. The Hall–Kier alpha value is -1.33. The molecule has 1 N–H and O–H groups in total. The van der Waals surface area contributed by atoms with E-state index in [9.17, 15) is 9.18 Å². The number of hydrogen-bond donors (Lipinski definition) is 1. The van der Waals surface area contributed by atoms with Crippen molar-refractivity contribution in [3.05, 3.63) is 57.0 Å². The van der Waals surface area contributed by atoms with Gasteiger partial charge in [0, 0.05) is 17.2 Å². The summed E-state index contributed by atoms with van der Waals surface area (Å²) >= 11 is 8.90. The Kier molecular flexibility index (Phi) is 3.73. The second kappa shape index (κ2) is 5.12. The van der Waals surface area contributed by atoms with E-state index in [0.29, 0.717) is 11.0 Å². The van der Waals surface area contributed by atoms with Gasteiger partial charge in [-0.05, 0) is 39.7 Å². The third kappa shape index (κ3) is 2.73. The maximum atomic E-state index is 13.0. The molecule has 0 spiro atoms. The van der Waals surface area contributed by atoms with E-state index in [1.807, 2.05) is 0 Å². The fraction of sp³-hybridized carbons (Fsp3) is 0.0833. The van der Waals surface area contributed by atoms with E-state index >= 15 is 0 Å². The first-order chi connectivity index (χ1) is 8.47. The lowest BCUT2D eigenvalue weighted by Crippen LogP contribution is -2.08. The Morgan fingerprint density at radius 2 is 2.17 bits per heavy atom. The Balaban J connectivity index is 2.33. The zero-order valence-corrected chi connectivity index (χ0v) is 11.4. The molecule has 0 bridgehead atoms. The highest BCUT2D eigenvalue weighted by atomic mass is 79.9. The molecule has 2 aromatic rings. The summed E-state index contributed by atoms with van der Waals surface area (Å²) < 4.78 is 15.2. The van der Waals surface area contributed by atoms with Gasteiger partial charge in [0.2, 0.25) is 0 Å². The van der Waals surface area contributed by atoms with E-state index < -0.39 is 11.8 Å². The van der Waals surface area contributed by atoms with Gasteiger partial charge in [-0.3, -0.25) is 0 Å². The molecule has 94 valence electrons. The lowest BCUT2D eigenvalue weighted by molar-refractivity contribution is 0.0685. The maximum absolute atomic E-state index is 13.0. The third-order valence-corrected chi connectivity index (χ3v) is 3.14. The number of carboxylic acid groups (broad SMARTS) is 1. The van der Waals surface area contributed by atoms with E-state index in [1.54, 1.807) is 16.8 Å². The molecule has 0 unspecified atom stereocenters. The van der Waals surface area contributed by atoms with Gasteiger partial charge >= 0.3 is 5.97 Å². The summed E-state index contributed by atoms with van der Waals surface area (Å²) in [6, 6.07) is 5.82. The minimum atomic E-state index is -1.02. The monoisotopic (exact) mass is 331 g/mol. The highest BCUT2D eigenvalue weighted by Crippen LogP contribution is 2.20. The highest BCUT2D eigenvalue weighted by molar-refractivity contribution is 9.10. The van der Waals surface area contributed by atoms with Crippen LogP contribution in [0, 0.1) is 5.82 Å². The fourth-order valence-electron chi connectivity index (χ4n) is 1.62. The SMILES string of the molecule is O=C(O)c1cc(Br)cn1Cc1ccc(F)c(Cl)c1. The highest BCUT2D eigenvalue weighted by Gasteiger charge is 2.12. The Labute approximate surface area is 116 Å². The van der Waals surface area contributed by atoms with Crippen LogP contribution in [-0.4, -0.2) is 15.6 Å². The molecule has 1 heterocycles. The summed E-state index contributed by atoms with van der Waals surface area (Å²) in [5.74, 6) is -1.51. The van der Waals surface area contributed by atoms with Crippen LogP contribution in [-0.2, 0) is 6.54 Å². The normalized spacial score (nSPS) is 10.6. The molecule has 3 nitrogen and oxygen atoms in total. The van der Waals surface area contributed by atoms with E-state index in [2.05, 4.69) is 15.9 Å². The van der Waals surface area contributed by atoms with Gasteiger partial charge in [0.25, 0.3) is 0 Å². The van der Waals surface area contributed by atoms with Gasteiger partial charge in [-0.2, -0.15) is 0 Å². The summed E-state index contributed by atoms with van der Waals surface area (Å²) in [6.45, 7) is 0.313. The van der Waals surface area contributed by atoms with Crippen molar-refractivity contribution in [1.82, 2.24) is 4.57 Å². The molecule has 0 fully saturated rings. The van der Waals surface area contributed by atoms with E-state index in [1.165, 1.54) is 18.2 Å².